The molecule has 2 heterocycles. The van der Waals surface area contributed by atoms with Crippen LogP contribution in [0.3, 0.4) is 0 Å². The van der Waals surface area contributed by atoms with Gasteiger partial charge in [0.15, 0.2) is 18.2 Å². The van der Waals surface area contributed by atoms with Crippen molar-refractivity contribution in [2.24, 2.45) is 0 Å². The van der Waals surface area contributed by atoms with Crippen LogP contribution in [0, 0.1) is 0 Å². The van der Waals surface area contributed by atoms with Crippen molar-refractivity contribution in [3.05, 3.63) is 59.2 Å². The van der Waals surface area contributed by atoms with E-state index in [0.29, 0.717) is 58.6 Å². The number of ether oxygens (including phenoxy) is 5. The van der Waals surface area contributed by atoms with Gasteiger partial charge in [-0.25, -0.2) is 18.2 Å². The Morgan fingerprint density at radius 1 is 1.07 bits per heavy atom. The standard InChI is InChI=1S/C31H37N3O10S/c1-5-7-8-29-32-17-22(13-21(30(35)36)12-20-14-27-28(44-19-43-27)16-25(20)41-4)34(29)24-10-9-23(40-3)15-26(24)42-18-33-31(37)45(38,39)11-6-2/h9-10,13-17H,5-8,11-12,18-19H2,1-4H3,(H,33,37)(H,35,36). The van der Waals surface area contributed by atoms with Crippen molar-refractivity contribution in [1.29, 1.82) is 0 Å². The third-order valence-electron chi connectivity index (χ3n) is 6.98. The van der Waals surface area contributed by atoms with Crippen molar-refractivity contribution in [3.63, 3.8) is 0 Å². The third kappa shape index (κ3) is 7.87. The maximum atomic E-state index is 12.5. The second-order valence-electron chi connectivity index (χ2n) is 10.1. The van der Waals surface area contributed by atoms with E-state index in [1.807, 2.05) is 6.92 Å². The SMILES string of the molecule is CCCCc1ncc(C=C(Cc2cc3c(cc2OC)OCO3)C(=O)O)n1-c1ccc(OC)cc1OCNC(=O)S(=O)(=O)CCC. The summed E-state index contributed by atoms with van der Waals surface area (Å²) in [4.78, 5) is 29.4. The average molecular weight is 644 g/mol. The number of sulfone groups is 1. The number of carbonyl (C=O) groups is 2. The van der Waals surface area contributed by atoms with E-state index in [1.54, 1.807) is 48.0 Å². The summed E-state index contributed by atoms with van der Waals surface area (Å²) in [6, 6.07) is 8.39. The molecule has 0 spiro atoms. The summed E-state index contributed by atoms with van der Waals surface area (Å²) in [5.41, 5.74) is 1.60. The molecule has 0 fully saturated rings. The minimum atomic E-state index is -3.97. The molecule has 1 amide bonds. The monoisotopic (exact) mass is 643 g/mol. The van der Waals surface area contributed by atoms with Gasteiger partial charge in [0.1, 0.15) is 23.1 Å². The van der Waals surface area contributed by atoms with Crippen LogP contribution in [0.5, 0.6) is 28.7 Å². The number of nitrogens with zero attached hydrogens (tertiary/aromatic N) is 2. The Labute approximate surface area is 261 Å². The molecule has 0 radical (unpaired) electrons. The lowest BCUT2D eigenvalue weighted by atomic mass is 10.0. The van der Waals surface area contributed by atoms with Gasteiger partial charge in [-0.3, -0.25) is 9.36 Å². The predicted octanol–water partition coefficient (Wildman–Crippen LogP) is 4.54. The van der Waals surface area contributed by atoms with Crippen LogP contribution in [0.4, 0.5) is 4.79 Å². The number of imidazole rings is 1. The molecular weight excluding hydrogens is 606 g/mol. The van der Waals surface area contributed by atoms with Gasteiger partial charge in [0.2, 0.25) is 16.6 Å². The Morgan fingerprint density at radius 3 is 2.49 bits per heavy atom. The van der Waals surface area contributed by atoms with E-state index in [1.165, 1.54) is 20.3 Å². The van der Waals surface area contributed by atoms with Crippen LogP contribution < -0.4 is 29.0 Å². The molecule has 2 aromatic carbocycles. The second kappa shape index (κ2) is 14.8. The van der Waals surface area contributed by atoms with Crippen molar-refractivity contribution in [1.82, 2.24) is 14.9 Å². The van der Waals surface area contributed by atoms with Crippen LogP contribution in [0.1, 0.15) is 50.2 Å². The number of hydrogen-bond acceptors (Lipinski definition) is 10. The summed E-state index contributed by atoms with van der Waals surface area (Å²) in [5, 5.41) is 11.4. The summed E-state index contributed by atoms with van der Waals surface area (Å²) in [7, 11) is -0.989. The maximum Gasteiger partial charge on any atom is 0.338 e. The fourth-order valence-electron chi connectivity index (χ4n) is 4.73. The van der Waals surface area contributed by atoms with E-state index in [4.69, 9.17) is 23.7 Å². The fraction of sp³-hybridized carbons (Fsp3) is 0.387. The lowest BCUT2D eigenvalue weighted by Gasteiger charge is -2.17. The van der Waals surface area contributed by atoms with E-state index in [9.17, 15) is 23.1 Å². The Balaban J connectivity index is 1.74. The summed E-state index contributed by atoms with van der Waals surface area (Å²) >= 11 is 0. The summed E-state index contributed by atoms with van der Waals surface area (Å²) in [5.74, 6) is 1.40. The van der Waals surface area contributed by atoms with Gasteiger partial charge in [-0.05, 0) is 37.1 Å². The summed E-state index contributed by atoms with van der Waals surface area (Å²) in [6.45, 7) is 3.34. The van der Waals surface area contributed by atoms with Crippen molar-refractivity contribution in [3.8, 4) is 34.4 Å². The van der Waals surface area contributed by atoms with Gasteiger partial charge in [-0.15, -0.1) is 0 Å². The zero-order valence-corrected chi connectivity index (χ0v) is 26.4. The average Bonchev–Trinajstić information content (AvgIpc) is 3.65. The lowest BCUT2D eigenvalue weighted by Crippen LogP contribution is -2.34. The van der Waals surface area contributed by atoms with Gasteiger partial charge in [0, 0.05) is 36.1 Å². The Bertz CT molecular complexity index is 1680. The number of unbranched alkanes of at least 4 members (excludes halogenated alkanes) is 1. The summed E-state index contributed by atoms with van der Waals surface area (Å²) < 4.78 is 53.7. The van der Waals surface area contributed by atoms with Crippen molar-refractivity contribution in [2.75, 3.05) is 33.5 Å². The number of aryl methyl sites for hydroxylation is 1. The van der Waals surface area contributed by atoms with Crippen LogP contribution in [-0.2, 0) is 27.5 Å². The van der Waals surface area contributed by atoms with Crippen molar-refractivity contribution < 1.29 is 46.8 Å². The molecule has 0 aliphatic carbocycles. The number of nitrogens with one attached hydrogen (secondary N) is 1. The highest BCUT2D eigenvalue weighted by molar-refractivity contribution is 8.06. The number of benzene rings is 2. The maximum absolute atomic E-state index is 12.5. The zero-order valence-electron chi connectivity index (χ0n) is 25.6. The number of rotatable bonds is 15. The number of hydrogen-bond donors (Lipinski definition) is 2. The molecule has 3 aromatic rings. The van der Waals surface area contributed by atoms with Crippen LogP contribution >= 0.6 is 0 Å². The van der Waals surface area contributed by atoms with E-state index >= 15 is 0 Å². The Morgan fingerprint density at radius 2 is 1.82 bits per heavy atom. The van der Waals surface area contributed by atoms with Crippen LogP contribution in [0.25, 0.3) is 11.8 Å². The molecule has 242 valence electrons. The first kappa shape index (κ1) is 33.2. The van der Waals surface area contributed by atoms with E-state index < -0.39 is 27.8 Å². The van der Waals surface area contributed by atoms with Gasteiger partial charge in [0.05, 0.1) is 37.6 Å². The van der Waals surface area contributed by atoms with Gasteiger partial charge in [-0.2, -0.15) is 0 Å². The first-order valence-corrected chi connectivity index (χ1v) is 16.1. The number of aromatic nitrogens is 2. The largest absolute Gasteiger partial charge is 0.497 e. The van der Waals surface area contributed by atoms with Crippen LogP contribution in [0.2, 0.25) is 0 Å². The topological polar surface area (TPSA) is 165 Å². The first-order chi connectivity index (χ1) is 21.6. The number of carboxylic acids is 1. The van der Waals surface area contributed by atoms with Crippen molar-refractivity contribution in [2.45, 2.75) is 46.0 Å². The lowest BCUT2D eigenvalue weighted by molar-refractivity contribution is -0.132. The molecule has 0 atom stereocenters. The number of carbonyl (C=O) groups excluding carboxylic acids is 1. The molecule has 1 aromatic heterocycles. The normalized spacial score (nSPS) is 12.6. The van der Waals surface area contributed by atoms with E-state index in [2.05, 4.69) is 10.3 Å². The molecule has 4 rings (SSSR count). The number of aliphatic carboxylic acids is 1. The van der Waals surface area contributed by atoms with Crippen LogP contribution in [0.15, 0.2) is 42.1 Å². The van der Waals surface area contributed by atoms with E-state index in [-0.39, 0.29) is 30.3 Å². The van der Waals surface area contributed by atoms with Gasteiger partial charge < -0.3 is 34.1 Å². The highest BCUT2D eigenvalue weighted by Gasteiger charge is 2.23. The molecule has 0 bridgehead atoms. The van der Waals surface area contributed by atoms with Crippen LogP contribution in [-0.4, -0.2) is 67.8 Å². The second-order valence-corrected chi connectivity index (χ2v) is 12.1. The number of amides is 1. The predicted molar refractivity (Wildman–Crippen MR) is 165 cm³/mol. The Hall–Kier alpha value is -4.72. The highest BCUT2D eigenvalue weighted by Crippen LogP contribution is 2.39. The fourth-order valence-corrected chi connectivity index (χ4v) is 5.73. The molecule has 0 saturated heterocycles. The smallest absolute Gasteiger partial charge is 0.338 e. The Kier molecular flexibility index (Phi) is 10.9. The quantitative estimate of drug-likeness (QED) is 0.176. The molecule has 1 aliphatic heterocycles. The number of carboxylic acid groups (broad SMARTS) is 1. The van der Waals surface area contributed by atoms with Gasteiger partial charge in [-0.1, -0.05) is 20.3 Å². The number of methoxy groups -OCH3 is 2. The molecule has 2 N–H and O–H groups in total. The zero-order chi connectivity index (χ0) is 32.6. The molecule has 0 saturated carbocycles. The highest BCUT2D eigenvalue weighted by atomic mass is 32.2. The minimum absolute atomic E-state index is 0.00878. The van der Waals surface area contributed by atoms with Crippen molar-refractivity contribution >= 4 is 27.1 Å². The molecule has 1 aliphatic rings. The molecular formula is C31H37N3O10S. The minimum Gasteiger partial charge on any atom is -0.497 e. The molecule has 13 nitrogen and oxygen atoms in total. The van der Waals surface area contributed by atoms with Gasteiger partial charge >= 0.3 is 11.2 Å². The molecule has 45 heavy (non-hydrogen) atoms. The first-order valence-electron chi connectivity index (χ1n) is 14.4. The third-order valence-corrected chi connectivity index (χ3v) is 8.63. The van der Waals surface area contributed by atoms with Gasteiger partial charge in [0.25, 0.3) is 0 Å². The summed E-state index contributed by atoms with van der Waals surface area (Å²) in [6.07, 6.45) is 5.72. The number of fused-ring (bicyclic) bond motifs is 1. The molecule has 14 heteroatoms. The van der Waals surface area contributed by atoms with E-state index in [0.717, 1.165) is 12.8 Å². The molecule has 0 unspecified atom stereocenters.